The van der Waals surface area contributed by atoms with Gasteiger partial charge in [0.1, 0.15) is 11.4 Å². The van der Waals surface area contributed by atoms with E-state index >= 15 is 0 Å². The van der Waals surface area contributed by atoms with Crippen molar-refractivity contribution in [3.8, 4) is 0 Å². The number of hydrogen-bond acceptors (Lipinski definition) is 7. The van der Waals surface area contributed by atoms with Gasteiger partial charge >= 0.3 is 6.18 Å². The first-order valence-corrected chi connectivity index (χ1v) is 8.54. The molecule has 0 saturated carbocycles. The first-order valence-electron chi connectivity index (χ1n) is 8.54. The van der Waals surface area contributed by atoms with Crippen molar-refractivity contribution in [2.45, 2.75) is 19.5 Å². The molecule has 0 atom stereocenters. The molecule has 13 heteroatoms. The van der Waals surface area contributed by atoms with Crippen molar-refractivity contribution in [1.29, 1.82) is 0 Å². The quantitative estimate of drug-likeness (QED) is 0.487. The normalized spacial score (nSPS) is 11.1. The summed E-state index contributed by atoms with van der Waals surface area (Å²) in [5.74, 6) is -0.262. The highest BCUT2D eigenvalue weighted by molar-refractivity contribution is 5.93. The van der Waals surface area contributed by atoms with E-state index in [4.69, 9.17) is 4.52 Å². The number of amides is 2. The molecule has 162 valence electrons. The summed E-state index contributed by atoms with van der Waals surface area (Å²) in [6.45, 7) is 1.29. The number of benzene rings is 1. The SMILES string of the molecule is Cc1cc(NC(=O)CN(C)C(=O)CCNc2ccc(C(F)(F)F)cc2[N+](=O)[O-])no1. The van der Waals surface area contributed by atoms with Gasteiger partial charge < -0.3 is 20.1 Å². The number of nitrogens with one attached hydrogen (secondary N) is 2. The highest BCUT2D eigenvalue weighted by atomic mass is 19.4. The molecule has 0 saturated heterocycles. The standard InChI is InChI=1S/C17H18F3N5O5/c1-10-7-14(23-30-10)22-15(26)9-24(2)16(27)5-6-21-12-4-3-11(17(18,19)20)8-13(12)25(28)29/h3-4,7-8,21H,5-6,9H2,1-2H3,(H,22,23,26). The molecule has 2 rings (SSSR count). The van der Waals surface area contributed by atoms with Crippen molar-refractivity contribution in [3.63, 3.8) is 0 Å². The maximum absolute atomic E-state index is 12.7. The third kappa shape index (κ3) is 6.18. The Morgan fingerprint density at radius 3 is 2.57 bits per heavy atom. The fraction of sp³-hybridized carbons (Fsp3) is 0.353. The van der Waals surface area contributed by atoms with Crippen LogP contribution >= 0.6 is 0 Å². The number of likely N-dealkylation sites (N-methyl/N-ethyl adjacent to an activating group) is 1. The van der Waals surface area contributed by atoms with E-state index in [0.29, 0.717) is 17.9 Å². The molecule has 0 fully saturated rings. The topological polar surface area (TPSA) is 131 Å². The Morgan fingerprint density at radius 1 is 1.30 bits per heavy atom. The van der Waals surface area contributed by atoms with E-state index in [2.05, 4.69) is 15.8 Å². The summed E-state index contributed by atoms with van der Waals surface area (Å²) in [5.41, 5.74) is -2.06. The molecule has 1 aromatic carbocycles. The largest absolute Gasteiger partial charge is 0.416 e. The van der Waals surface area contributed by atoms with Crippen molar-refractivity contribution < 1.29 is 32.2 Å². The highest BCUT2D eigenvalue weighted by Crippen LogP contribution is 2.34. The highest BCUT2D eigenvalue weighted by Gasteiger charge is 2.33. The Labute approximate surface area is 168 Å². The van der Waals surface area contributed by atoms with Crippen LogP contribution in [0.1, 0.15) is 17.7 Å². The summed E-state index contributed by atoms with van der Waals surface area (Å²) in [7, 11) is 1.39. The predicted molar refractivity (Wildman–Crippen MR) is 98.7 cm³/mol. The Bertz CT molecular complexity index is 944. The molecule has 0 aliphatic heterocycles. The van der Waals surface area contributed by atoms with Gasteiger partial charge in [0, 0.05) is 32.1 Å². The third-order valence-corrected chi connectivity index (χ3v) is 3.88. The number of halogens is 3. The smallest absolute Gasteiger partial charge is 0.379 e. The molecule has 0 aliphatic rings. The van der Waals surface area contributed by atoms with Gasteiger partial charge in [0.05, 0.1) is 17.0 Å². The van der Waals surface area contributed by atoms with Crippen LogP contribution in [-0.4, -0.2) is 46.9 Å². The van der Waals surface area contributed by atoms with E-state index in [1.165, 1.54) is 13.1 Å². The molecule has 0 aliphatic carbocycles. The average molecular weight is 429 g/mol. The fourth-order valence-electron chi connectivity index (χ4n) is 2.41. The van der Waals surface area contributed by atoms with Gasteiger partial charge in [0.25, 0.3) is 5.69 Å². The van der Waals surface area contributed by atoms with E-state index in [1.807, 2.05) is 0 Å². The number of alkyl halides is 3. The summed E-state index contributed by atoms with van der Waals surface area (Å²) < 4.78 is 43.0. The van der Waals surface area contributed by atoms with Crippen LogP contribution in [0.25, 0.3) is 0 Å². The Morgan fingerprint density at radius 2 is 2.00 bits per heavy atom. The number of hydrogen-bond donors (Lipinski definition) is 2. The minimum absolute atomic E-state index is 0.0839. The number of carbonyl (C=O) groups excluding carboxylic acids is 2. The van der Waals surface area contributed by atoms with Crippen LogP contribution in [-0.2, 0) is 15.8 Å². The molecule has 0 bridgehead atoms. The number of nitrogens with zero attached hydrogens (tertiary/aromatic N) is 3. The monoisotopic (exact) mass is 429 g/mol. The molecule has 0 spiro atoms. The Kier molecular flexibility index (Phi) is 6.97. The molecule has 1 aromatic heterocycles. The van der Waals surface area contributed by atoms with E-state index in [1.54, 1.807) is 6.92 Å². The summed E-state index contributed by atoms with van der Waals surface area (Å²) in [6, 6.07) is 3.56. The third-order valence-electron chi connectivity index (χ3n) is 3.88. The lowest BCUT2D eigenvalue weighted by molar-refractivity contribution is -0.384. The second-order valence-electron chi connectivity index (χ2n) is 6.28. The second kappa shape index (κ2) is 9.24. The Hall–Kier alpha value is -3.64. The summed E-state index contributed by atoms with van der Waals surface area (Å²) in [4.78, 5) is 35.2. The minimum atomic E-state index is -4.72. The van der Waals surface area contributed by atoms with Gasteiger partial charge in [0.2, 0.25) is 11.8 Å². The maximum atomic E-state index is 12.7. The molecule has 10 nitrogen and oxygen atoms in total. The van der Waals surface area contributed by atoms with Crippen LogP contribution in [0.15, 0.2) is 28.8 Å². The van der Waals surface area contributed by atoms with Crippen LogP contribution in [0.4, 0.5) is 30.4 Å². The summed E-state index contributed by atoms with van der Waals surface area (Å²) >= 11 is 0. The van der Waals surface area contributed by atoms with E-state index in [0.717, 1.165) is 11.0 Å². The van der Waals surface area contributed by atoms with Crippen molar-refractivity contribution >= 4 is 29.0 Å². The molecular weight excluding hydrogens is 411 g/mol. The Balaban J connectivity index is 1.88. The van der Waals surface area contributed by atoms with Crippen molar-refractivity contribution in [1.82, 2.24) is 10.1 Å². The van der Waals surface area contributed by atoms with Gasteiger partial charge in [-0.05, 0) is 19.1 Å². The van der Waals surface area contributed by atoms with E-state index in [9.17, 15) is 32.9 Å². The number of carbonyl (C=O) groups is 2. The van der Waals surface area contributed by atoms with Crippen molar-refractivity contribution in [3.05, 3.63) is 45.7 Å². The van der Waals surface area contributed by atoms with Gasteiger partial charge in [-0.15, -0.1) is 0 Å². The lowest BCUT2D eigenvalue weighted by Gasteiger charge is -2.17. The van der Waals surface area contributed by atoms with Gasteiger partial charge in [-0.1, -0.05) is 5.16 Å². The van der Waals surface area contributed by atoms with Crippen LogP contribution in [0.2, 0.25) is 0 Å². The first kappa shape index (κ1) is 22.6. The van der Waals surface area contributed by atoms with Crippen LogP contribution < -0.4 is 10.6 Å². The van der Waals surface area contributed by atoms with Gasteiger partial charge in [-0.3, -0.25) is 19.7 Å². The average Bonchev–Trinajstić information content (AvgIpc) is 3.05. The zero-order valence-corrected chi connectivity index (χ0v) is 15.9. The maximum Gasteiger partial charge on any atom is 0.416 e. The molecule has 2 N–H and O–H groups in total. The van der Waals surface area contributed by atoms with Crippen LogP contribution in [0.3, 0.4) is 0 Å². The van der Waals surface area contributed by atoms with Crippen LogP contribution in [0.5, 0.6) is 0 Å². The number of anilines is 2. The van der Waals surface area contributed by atoms with E-state index in [-0.39, 0.29) is 31.0 Å². The molecule has 0 radical (unpaired) electrons. The van der Waals surface area contributed by atoms with E-state index < -0.39 is 34.2 Å². The van der Waals surface area contributed by atoms with Crippen molar-refractivity contribution in [2.75, 3.05) is 30.8 Å². The molecular formula is C17H18F3N5O5. The number of nitro benzene ring substituents is 1. The fourth-order valence-corrected chi connectivity index (χ4v) is 2.41. The molecule has 30 heavy (non-hydrogen) atoms. The lowest BCUT2D eigenvalue weighted by Crippen LogP contribution is -2.35. The zero-order valence-electron chi connectivity index (χ0n) is 15.9. The summed E-state index contributed by atoms with van der Waals surface area (Å²) in [6.07, 6.45) is -4.86. The minimum Gasteiger partial charge on any atom is -0.379 e. The predicted octanol–water partition coefficient (Wildman–Crippen LogP) is 2.81. The molecule has 2 amide bonds. The van der Waals surface area contributed by atoms with Crippen molar-refractivity contribution in [2.24, 2.45) is 0 Å². The van der Waals surface area contributed by atoms with Crippen LogP contribution in [0, 0.1) is 17.0 Å². The lowest BCUT2D eigenvalue weighted by atomic mass is 10.1. The summed E-state index contributed by atoms with van der Waals surface area (Å²) in [5, 5.41) is 19.7. The molecule has 1 heterocycles. The first-order chi connectivity index (χ1) is 14.0. The van der Waals surface area contributed by atoms with Gasteiger partial charge in [0.15, 0.2) is 5.82 Å². The van der Waals surface area contributed by atoms with Gasteiger partial charge in [-0.25, -0.2) is 0 Å². The number of rotatable bonds is 8. The number of aryl methyl sites for hydroxylation is 1. The number of nitro groups is 1. The number of aromatic nitrogens is 1. The molecule has 2 aromatic rings. The van der Waals surface area contributed by atoms with Gasteiger partial charge in [-0.2, -0.15) is 13.2 Å². The zero-order chi connectivity index (χ0) is 22.5. The molecule has 0 unspecified atom stereocenters. The second-order valence-corrected chi connectivity index (χ2v) is 6.28.